The molecule has 6 nitrogen and oxygen atoms in total. The molecule has 0 aliphatic heterocycles. The van der Waals surface area contributed by atoms with Gasteiger partial charge < -0.3 is 14.8 Å². The molecule has 0 aliphatic rings. The maximum atomic E-state index is 12.3. The van der Waals surface area contributed by atoms with Crippen molar-refractivity contribution in [2.24, 2.45) is 0 Å². The molecule has 3 rings (SSSR count). The molecule has 2 aromatic heterocycles. The molecule has 0 saturated carbocycles. The van der Waals surface area contributed by atoms with Crippen LogP contribution in [0.15, 0.2) is 46.2 Å². The largest absolute Gasteiger partial charge is 0.481 e. The van der Waals surface area contributed by atoms with Gasteiger partial charge in [0.15, 0.2) is 10.8 Å². The molecule has 0 unspecified atom stereocenters. The Morgan fingerprint density at radius 1 is 1.19 bits per heavy atom. The molecule has 0 spiro atoms. The van der Waals surface area contributed by atoms with E-state index in [0.717, 1.165) is 10.8 Å². The van der Waals surface area contributed by atoms with Crippen LogP contribution in [0.1, 0.15) is 30.9 Å². The van der Waals surface area contributed by atoms with Crippen molar-refractivity contribution < 1.29 is 19.1 Å². The zero-order valence-corrected chi connectivity index (χ0v) is 16.1. The lowest BCUT2D eigenvalue weighted by Gasteiger charge is -2.19. The Morgan fingerprint density at radius 2 is 1.89 bits per heavy atom. The van der Waals surface area contributed by atoms with Gasteiger partial charge in [-0.2, -0.15) is 0 Å². The Labute approximate surface area is 160 Å². The van der Waals surface area contributed by atoms with Gasteiger partial charge in [-0.1, -0.05) is 12.1 Å². The molecule has 7 heteroatoms. The molecular formula is C20H20N2O4S. The molecule has 0 fully saturated rings. The lowest BCUT2D eigenvalue weighted by molar-refractivity contribution is -0.142. The fourth-order valence-corrected chi connectivity index (χ4v) is 3.29. The molecule has 0 bridgehead atoms. The van der Waals surface area contributed by atoms with Crippen molar-refractivity contribution in [3.05, 3.63) is 58.8 Å². The van der Waals surface area contributed by atoms with Crippen molar-refractivity contribution in [2.75, 3.05) is 5.32 Å². The van der Waals surface area contributed by atoms with E-state index in [1.54, 1.807) is 38.1 Å². The Morgan fingerprint density at radius 3 is 2.48 bits per heavy atom. The van der Waals surface area contributed by atoms with Crippen LogP contribution < -0.4 is 5.32 Å². The quantitative estimate of drug-likeness (QED) is 0.663. The third kappa shape index (κ3) is 4.25. The summed E-state index contributed by atoms with van der Waals surface area (Å²) in [6.45, 7) is 5.15. The first kappa shape index (κ1) is 18.8. The molecule has 1 amide bonds. The van der Waals surface area contributed by atoms with Crippen molar-refractivity contribution >= 4 is 28.9 Å². The smallest absolute Gasteiger partial charge is 0.313 e. The number of thiazole rings is 1. The van der Waals surface area contributed by atoms with E-state index in [1.165, 1.54) is 11.3 Å². The number of nitrogens with zero attached hydrogens (tertiary/aromatic N) is 1. The molecule has 1 aromatic carbocycles. The fraction of sp³-hybridized carbons (Fsp3) is 0.250. The van der Waals surface area contributed by atoms with Crippen molar-refractivity contribution in [1.29, 1.82) is 0 Å². The number of carbonyl (C=O) groups is 2. The van der Waals surface area contributed by atoms with E-state index in [9.17, 15) is 14.7 Å². The minimum Gasteiger partial charge on any atom is -0.481 e. The van der Waals surface area contributed by atoms with E-state index >= 15 is 0 Å². The highest BCUT2D eigenvalue weighted by atomic mass is 32.1. The molecule has 0 saturated heterocycles. The minimum absolute atomic E-state index is 0.151. The standard InChI is InChI=1S/C20H20N2O4S/c1-12-4-9-16(26-12)18-22-15(11-27-18)10-17(23)21-14-7-5-13(6-8-14)20(2,3)19(24)25/h4-9,11H,10H2,1-3H3,(H,21,23)(H,24,25). The summed E-state index contributed by atoms with van der Waals surface area (Å²) in [7, 11) is 0. The Hall–Kier alpha value is -2.93. The van der Waals surface area contributed by atoms with Gasteiger partial charge >= 0.3 is 5.97 Å². The molecule has 0 radical (unpaired) electrons. The van der Waals surface area contributed by atoms with Gasteiger partial charge in [-0.05, 0) is 50.6 Å². The van der Waals surface area contributed by atoms with Crippen LogP contribution in [0, 0.1) is 6.92 Å². The summed E-state index contributed by atoms with van der Waals surface area (Å²) < 4.78 is 5.54. The van der Waals surface area contributed by atoms with Gasteiger partial charge in [0.25, 0.3) is 0 Å². The van der Waals surface area contributed by atoms with Crippen LogP contribution in [0.5, 0.6) is 0 Å². The number of carboxylic acid groups (broad SMARTS) is 1. The van der Waals surface area contributed by atoms with Crippen LogP contribution >= 0.6 is 11.3 Å². The van der Waals surface area contributed by atoms with Gasteiger partial charge in [0.2, 0.25) is 5.91 Å². The van der Waals surface area contributed by atoms with E-state index in [1.807, 2.05) is 24.4 Å². The summed E-state index contributed by atoms with van der Waals surface area (Å²) in [5, 5.41) is 14.7. The van der Waals surface area contributed by atoms with Gasteiger partial charge in [-0.15, -0.1) is 11.3 Å². The number of hydrogen-bond donors (Lipinski definition) is 2. The topological polar surface area (TPSA) is 92.4 Å². The van der Waals surface area contributed by atoms with Crippen LogP contribution in [0.3, 0.4) is 0 Å². The molecule has 27 heavy (non-hydrogen) atoms. The van der Waals surface area contributed by atoms with Gasteiger partial charge in [0.05, 0.1) is 17.5 Å². The van der Waals surface area contributed by atoms with E-state index < -0.39 is 11.4 Å². The highest BCUT2D eigenvalue weighted by Crippen LogP contribution is 2.26. The number of anilines is 1. The summed E-state index contributed by atoms with van der Waals surface area (Å²) in [4.78, 5) is 28.0. The van der Waals surface area contributed by atoms with E-state index in [2.05, 4.69) is 10.3 Å². The Bertz CT molecular complexity index is 970. The molecule has 140 valence electrons. The second-order valence-corrected chi connectivity index (χ2v) is 7.64. The maximum Gasteiger partial charge on any atom is 0.313 e. The summed E-state index contributed by atoms with van der Waals surface area (Å²) in [5.41, 5.74) is 0.974. The lowest BCUT2D eigenvalue weighted by Crippen LogP contribution is -2.28. The zero-order valence-electron chi connectivity index (χ0n) is 15.3. The normalized spacial score (nSPS) is 11.4. The summed E-state index contributed by atoms with van der Waals surface area (Å²) >= 11 is 1.43. The van der Waals surface area contributed by atoms with Gasteiger partial charge in [-0.25, -0.2) is 4.98 Å². The number of hydrogen-bond acceptors (Lipinski definition) is 5. The minimum atomic E-state index is -0.982. The van der Waals surface area contributed by atoms with E-state index in [-0.39, 0.29) is 12.3 Å². The highest BCUT2D eigenvalue weighted by molar-refractivity contribution is 7.13. The molecule has 3 aromatic rings. The van der Waals surface area contributed by atoms with Crippen molar-refractivity contribution in [2.45, 2.75) is 32.6 Å². The van der Waals surface area contributed by atoms with Crippen molar-refractivity contribution in [3.63, 3.8) is 0 Å². The number of aliphatic carboxylic acids is 1. The molecular weight excluding hydrogens is 364 g/mol. The van der Waals surface area contributed by atoms with Gasteiger partial charge in [0, 0.05) is 11.1 Å². The monoisotopic (exact) mass is 384 g/mol. The predicted octanol–water partition coefficient (Wildman–Crippen LogP) is 4.25. The number of amides is 1. The van der Waals surface area contributed by atoms with Crippen LogP contribution in [0.2, 0.25) is 0 Å². The number of aryl methyl sites for hydroxylation is 1. The first-order valence-corrected chi connectivity index (χ1v) is 9.28. The number of benzene rings is 1. The number of carbonyl (C=O) groups excluding carboxylic acids is 1. The lowest BCUT2D eigenvalue weighted by atomic mass is 9.85. The molecule has 0 atom stereocenters. The predicted molar refractivity (Wildman–Crippen MR) is 104 cm³/mol. The fourth-order valence-electron chi connectivity index (χ4n) is 2.51. The molecule has 2 N–H and O–H groups in total. The van der Waals surface area contributed by atoms with Gasteiger partial charge in [-0.3, -0.25) is 9.59 Å². The molecule has 2 heterocycles. The Kier molecular flexibility index (Phi) is 5.14. The van der Waals surface area contributed by atoms with Crippen LogP contribution in [0.4, 0.5) is 5.69 Å². The first-order valence-electron chi connectivity index (χ1n) is 8.40. The number of aromatic nitrogens is 1. The van der Waals surface area contributed by atoms with Crippen LogP contribution in [0.25, 0.3) is 10.8 Å². The number of rotatable bonds is 6. The highest BCUT2D eigenvalue weighted by Gasteiger charge is 2.29. The molecule has 0 aliphatic carbocycles. The van der Waals surface area contributed by atoms with Crippen LogP contribution in [-0.4, -0.2) is 22.0 Å². The van der Waals surface area contributed by atoms with E-state index in [4.69, 9.17) is 4.42 Å². The zero-order chi connectivity index (χ0) is 19.6. The number of furan rings is 1. The van der Waals surface area contributed by atoms with Crippen molar-refractivity contribution in [1.82, 2.24) is 4.98 Å². The Balaban J connectivity index is 1.63. The van der Waals surface area contributed by atoms with E-state index in [0.29, 0.717) is 22.7 Å². The van der Waals surface area contributed by atoms with Crippen molar-refractivity contribution in [3.8, 4) is 10.8 Å². The SMILES string of the molecule is Cc1ccc(-c2nc(CC(=O)Nc3ccc(C(C)(C)C(=O)O)cc3)cs2)o1. The average Bonchev–Trinajstić information content (AvgIpc) is 3.24. The first-order chi connectivity index (χ1) is 12.8. The van der Waals surface area contributed by atoms with Crippen LogP contribution in [-0.2, 0) is 21.4 Å². The summed E-state index contributed by atoms with van der Waals surface area (Å²) in [5.74, 6) is 0.424. The third-order valence-corrected chi connectivity index (χ3v) is 5.18. The second-order valence-electron chi connectivity index (χ2n) is 6.79. The second kappa shape index (κ2) is 7.36. The third-order valence-electron chi connectivity index (χ3n) is 4.27. The maximum absolute atomic E-state index is 12.3. The summed E-state index contributed by atoms with van der Waals surface area (Å²) in [6.07, 6.45) is 0.151. The number of nitrogens with one attached hydrogen (secondary N) is 1. The summed E-state index contributed by atoms with van der Waals surface area (Å²) in [6, 6.07) is 10.6. The van der Waals surface area contributed by atoms with Gasteiger partial charge in [0.1, 0.15) is 5.76 Å². The average molecular weight is 384 g/mol. The number of carboxylic acids is 1.